The zero-order valence-electron chi connectivity index (χ0n) is 68.0. The van der Waals surface area contributed by atoms with Crippen molar-refractivity contribution < 1.29 is 37.9 Å². The van der Waals surface area contributed by atoms with Gasteiger partial charge in [0.1, 0.15) is 11.5 Å². The number of epoxide rings is 6. The number of benzene rings is 3. The zero-order chi connectivity index (χ0) is 72.4. The highest BCUT2D eigenvalue weighted by Gasteiger charge is 2.49. The van der Waals surface area contributed by atoms with Gasteiger partial charge >= 0.3 is 0 Å². The Labute approximate surface area is 635 Å². The highest BCUT2D eigenvalue weighted by molar-refractivity contribution is 6.91. The standard InChI is InChI=1S/C41H64O4Si2.C26H42O2Si2.C22H42O2Si2/c1-41(2,33-11-15-35(16-12-33)42-23-7-25-46(3,4)27-21-31-9-19-37-39(29-31)44-37)34-13-17-36(18-14-34)43-24-8-26-47(5,6)28-22-32-10-20-38-40(30-32)45-38;1-29(2,15-13-19-5-11-23-25(17-19)27-23)21-7-9-22(10-8-21)30(3,4)16-14-20-6-12-24-26(18-20)28-24;1-25(2,11-9-17-5-7-19-21(15-17)23-19)13-14-26(3,4)12-10-18-6-8-20-22(16-18)24-20/h11-18,31-32,37-40H,7-10,19-30H2,1-6H3;7-10,19-20,23-26H,5-6,11-18H2,1-4H3;17-22H,5-16H2,1-4H3. The molecule has 6 aliphatic carbocycles. The Kier molecular flexibility index (Phi) is 26.3. The minimum atomic E-state index is -1.34. The molecule has 18 unspecified atom stereocenters. The van der Waals surface area contributed by atoms with E-state index in [9.17, 15) is 0 Å². The fourth-order valence-electron chi connectivity index (χ4n) is 20.4. The van der Waals surface area contributed by atoms with Crippen LogP contribution in [0.25, 0.3) is 0 Å². The van der Waals surface area contributed by atoms with Crippen molar-refractivity contribution in [2.45, 2.75) is 398 Å². The van der Waals surface area contributed by atoms with Crippen LogP contribution in [0.3, 0.4) is 0 Å². The molecule has 103 heavy (non-hydrogen) atoms. The Balaban J connectivity index is 0.000000145. The molecule has 0 bridgehead atoms. The summed E-state index contributed by atoms with van der Waals surface area (Å²) in [7, 11) is -7.03. The summed E-state index contributed by atoms with van der Waals surface area (Å²) in [6.45, 7) is 37.6. The molecule has 0 radical (unpaired) electrons. The van der Waals surface area contributed by atoms with E-state index in [0.717, 1.165) is 73.1 Å². The molecule has 3 aromatic rings. The average molecular weight is 1510 g/mol. The fourth-order valence-corrected chi connectivity index (χ4v) is 38.8. The molecule has 6 saturated carbocycles. The molecule has 3 aromatic carbocycles. The lowest BCUT2D eigenvalue weighted by molar-refractivity contribution is 0.316. The van der Waals surface area contributed by atoms with Crippen LogP contribution in [0.15, 0.2) is 72.8 Å². The monoisotopic (exact) mass is 1510 g/mol. The molecule has 6 heterocycles. The lowest BCUT2D eigenvalue weighted by atomic mass is 9.78. The molecule has 6 saturated heterocycles. The van der Waals surface area contributed by atoms with E-state index < -0.39 is 48.4 Å². The molecule has 0 spiro atoms. The van der Waals surface area contributed by atoms with Crippen molar-refractivity contribution in [1.82, 2.24) is 0 Å². The van der Waals surface area contributed by atoms with E-state index in [1.807, 2.05) is 0 Å². The van der Waals surface area contributed by atoms with Crippen LogP contribution < -0.4 is 19.8 Å². The molecule has 0 amide bonds. The summed E-state index contributed by atoms with van der Waals surface area (Å²) in [6, 6.07) is 42.4. The fraction of sp³-hybridized carbons (Fsp3) is 0.798. The molecule has 0 N–H and O–H groups in total. The second-order valence-electron chi connectivity index (χ2n) is 41.7. The molecule has 18 atom stereocenters. The molecule has 12 fully saturated rings. The summed E-state index contributed by atoms with van der Waals surface area (Å²) < 4.78 is 46.8. The van der Waals surface area contributed by atoms with Gasteiger partial charge in [-0.3, -0.25) is 0 Å². The van der Waals surface area contributed by atoms with Gasteiger partial charge in [0, 0.05) is 37.7 Å². The largest absolute Gasteiger partial charge is 0.494 e. The van der Waals surface area contributed by atoms with Crippen LogP contribution >= 0.6 is 0 Å². The van der Waals surface area contributed by atoms with Gasteiger partial charge in [0.2, 0.25) is 0 Å². The SMILES string of the molecule is CC(C)(c1ccc(OCCC[Si](C)(C)CCC2CCC3OC3C2)cc1)c1ccc(OCCC[Si](C)(C)CCC2CCC3OC3C2)cc1.C[Si](C)(CCC1CCC2OC2C1)CC[Si](C)(C)CCC1CCC2OC2C1.C[Si](C)(CCC1CCC2OC2C1)c1ccc([Si](C)(C)CCC2CCC3OC3C2)cc1. The third-order valence-corrected chi connectivity index (χ3v) is 50.1. The molecule has 12 aliphatic rings. The van der Waals surface area contributed by atoms with Crippen LogP contribution in [-0.4, -0.2) is 135 Å². The first-order chi connectivity index (χ1) is 49.1. The average Bonchev–Trinajstić information content (AvgIpc) is 1.08. The Morgan fingerprint density at radius 1 is 0.282 bits per heavy atom. The molecule has 0 aromatic heterocycles. The van der Waals surface area contributed by atoms with Gasteiger partial charge in [-0.05, 0) is 199 Å². The van der Waals surface area contributed by atoms with Crippen molar-refractivity contribution in [2.24, 2.45) is 35.5 Å². The summed E-state index contributed by atoms with van der Waals surface area (Å²) in [4.78, 5) is 0. The van der Waals surface area contributed by atoms with E-state index in [1.54, 1.807) is 34.5 Å². The van der Waals surface area contributed by atoms with Gasteiger partial charge in [0.15, 0.2) is 0 Å². The van der Waals surface area contributed by atoms with Gasteiger partial charge in [0.05, 0.1) is 103 Å². The van der Waals surface area contributed by atoms with Crippen LogP contribution in [0.4, 0.5) is 0 Å². The first-order valence-electron chi connectivity index (χ1n) is 43.6. The van der Waals surface area contributed by atoms with Crippen LogP contribution in [0, 0.1) is 35.5 Å². The summed E-state index contributed by atoms with van der Waals surface area (Å²) in [6.07, 6.45) is 43.2. The number of rotatable bonds is 35. The molecule has 14 heteroatoms. The smallest absolute Gasteiger partial charge is 0.119 e. The van der Waals surface area contributed by atoms with E-state index in [2.05, 4.69) is 165 Å². The summed E-state index contributed by atoms with van der Waals surface area (Å²) in [5.74, 6) is 7.59. The quantitative estimate of drug-likeness (QED) is 0.0327. The van der Waals surface area contributed by atoms with Gasteiger partial charge in [-0.1, -0.05) is 250 Å². The number of hydrogen-bond donors (Lipinski definition) is 0. The molecule has 6 aliphatic heterocycles. The van der Waals surface area contributed by atoms with Crippen molar-refractivity contribution in [3.63, 3.8) is 0 Å². The summed E-state index contributed by atoms with van der Waals surface area (Å²) >= 11 is 0. The highest BCUT2D eigenvalue weighted by Crippen LogP contribution is 2.48. The predicted octanol–water partition coefficient (Wildman–Crippen LogP) is 22.6. The van der Waals surface area contributed by atoms with Crippen LogP contribution in [0.5, 0.6) is 11.5 Å². The van der Waals surface area contributed by atoms with Gasteiger partial charge in [-0.2, -0.15) is 0 Å². The molecule has 15 rings (SSSR count). The van der Waals surface area contributed by atoms with E-state index in [1.165, 1.54) is 201 Å². The van der Waals surface area contributed by atoms with Crippen molar-refractivity contribution in [3.05, 3.63) is 83.9 Å². The Morgan fingerprint density at radius 2 is 0.515 bits per heavy atom. The van der Waals surface area contributed by atoms with Crippen molar-refractivity contribution >= 4 is 58.8 Å². The lowest BCUT2D eigenvalue weighted by Crippen LogP contribution is -2.45. The normalized spacial score (nSPS) is 32.6. The minimum Gasteiger partial charge on any atom is -0.494 e. The van der Waals surface area contributed by atoms with Gasteiger partial charge in [-0.25, -0.2) is 0 Å². The molecule has 8 nitrogen and oxygen atoms in total. The molecule has 576 valence electrons. The first kappa shape index (κ1) is 79.4. The third kappa shape index (κ3) is 23.9. The predicted molar refractivity (Wildman–Crippen MR) is 448 cm³/mol. The first-order valence-corrected chi connectivity index (χ1v) is 63.6. The number of fused-ring (bicyclic) bond motifs is 6. The van der Waals surface area contributed by atoms with E-state index in [0.29, 0.717) is 73.2 Å². The molecular formula is C89H148O8Si6. The van der Waals surface area contributed by atoms with Gasteiger partial charge in [0.25, 0.3) is 0 Å². The van der Waals surface area contributed by atoms with Crippen molar-refractivity contribution in [3.8, 4) is 11.5 Å². The van der Waals surface area contributed by atoms with Crippen LogP contribution in [0.1, 0.15) is 192 Å². The zero-order valence-corrected chi connectivity index (χ0v) is 74.0. The lowest BCUT2D eigenvalue weighted by Gasteiger charge is -2.31. The minimum absolute atomic E-state index is 0.0853. The van der Waals surface area contributed by atoms with Crippen molar-refractivity contribution in [1.29, 1.82) is 0 Å². The molecular weight excluding hydrogens is 1370 g/mol. The van der Waals surface area contributed by atoms with Gasteiger partial charge in [-0.15, -0.1) is 0 Å². The second-order valence-corrected chi connectivity index (χ2v) is 72.7. The highest BCUT2D eigenvalue weighted by atomic mass is 28.3. The second kappa shape index (κ2) is 34.1. The van der Waals surface area contributed by atoms with Gasteiger partial charge < -0.3 is 37.9 Å². The van der Waals surface area contributed by atoms with E-state index >= 15 is 0 Å². The maximum Gasteiger partial charge on any atom is 0.119 e. The third-order valence-electron chi connectivity index (χ3n) is 29.6. The topological polar surface area (TPSA) is 93.6 Å². The van der Waals surface area contributed by atoms with E-state index in [4.69, 9.17) is 37.9 Å². The maximum absolute atomic E-state index is 6.21. The summed E-state index contributed by atoms with van der Waals surface area (Å²) in [5.41, 5.74) is 2.53. The van der Waals surface area contributed by atoms with Crippen LogP contribution in [0.2, 0.25) is 139 Å². The Morgan fingerprint density at radius 3 is 0.757 bits per heavy atom. The number of ether oxygens (including phenoxy) is 8. The van der Waals surface area contributed by atoms with Crippen molar-refractivity contribution in [2.75, 3.05) is 13.2 Å². The maximum atomic E-state index is 6.21. The van der Waals surface area contributed by atoms with E-state index in [-0.39, 0.29) is 5.41 Å². The Hall–Kier alpha value is -1.68. The number of hydrogen-bond acceptors (Lipinski definition) is 8. The summed E-state index contributed by atoms with van der Waals surface area (Å²) in [5, 5.41) is 3.33. The van der Waals surface area contributed by atoms with Crippen LogP contribution in [-0.2, 0) is 33.8 Å². The Bertz CT molecular complexity index is 2930.